The quantitative estimate of drug-likeness (QED) is 0.712. The van der Waals surface area contributed by atoms with Crippen LogP contribution < -0.4 is 10.5 Å². The molecule has 3 aromatic rings. The first-order chi connectivity index (χ1) is 11.3. The van der Waals surface area contributed by atoms with Crippen LogP contribution in [0.4, 0.5) is 0 Å². The summed E-state index contributed by atoms with van der Waals surface area (Å²) < 4.78 is 5.91. The van der Waals surface area contributed by atoms with Crippen LogP contribution in [0.5, 0.6) is 11.5 Å². The zero-order chi connectivity index (χ0) is 15.9. The van der Waals surface area contributed by atoms with E-state index in [2.05, 4.69) is 36.4 Å². The van der Waals surface area contributed by atoms with Crippen LogP contribution in [0.1, 0.15) is 17.0 Å². The zero-order valence-corrected chi connectivity index (χ0v) is 13.1. The lowest BCUT2D eigenvalue weighted by Crippen LogP contribution is -2.14. The van der Waals surface area contributed by atoms with Gasteiger partial charge >= 0.3 is 0 Å². The summed E-state index contributed by atoms with van der Waals surface area (Å²) in [7, 11) is 0. The molecule has 0 aliphatic heterocycles. The highest BCUT2D eigenvalue weighted by Crippen LogP contribution is 2.25. The van der Waals surface area contributed by atoms with E-state index in [9.17, 15) is 0 Å². The molecule has 2 nitrogen and oxygen atoms in total. The van der Waals surface area contributed by atoms with Crippen molar-refractivity contribution in [1.29, 1.82) is 0 Å². The topological polar surface area (TPSA) is 35.2 Å². The predicted molar refractivity (Wildman–Crippen MR) is 94.9 cm³/mol. The van der Waals surface area contributed by atoms with Crippen LogP contribution in [0.3, 0.4) is 0 Å². The number of hydrogen-bond acceptors (Lipinski definition) is 2. The van der Waals surface area contributed by atoms with Gasteiger partial charge in [0.1, 0.15) is 11.5 Å². The maximum atomic E-state index is 5.98. The van der Waals surface area contributed by atoms with Crippen molar-refractivity contribution in [3.8, 4) is 11.5 Å². The largest absolute Gasteiger partial charge is 0.457 e. The average Bonchev–Trinajstić information content (AvgIpc) is 2.62. The zero-order valence-electron chi connectivity index (χ0n) is 13.1. The summed E-state index contributed by atoms with van der Waals surface area (Å²) in [5, 5.41) is 0. The average molecular weight is 303 g/mol. The number of para-hydroxylation sites is 1. The van der Waals surface area contributed by atoms with Crippen molar-refractivity contribution in [2.45, 2.75) is 12.3 Å². The summed E-state index contributed by atoms with van der Waals surface area (Å²) in [6.07, 6.45) is 0.909. The lowest BCUT2D eigenvalue weighted by molar-refractivity contribution is 0.481. The molecule has 3 rings (SSSR count). The van der Waals surface area contributed by atoms with Gasteiger partial charge in [0, 0.05) is 5.92 Å². The number of benzene rings is 3. The minimum absolute atomic E-state index is 0.322. The van der Waals surface area contributed by atoms with Gasteiger partial charge < -0.3 is 10.5 Å². The fourth-order valence-electron chi connectivity index (χ4n) is 2.71. The summed E-state index contributed by atoms with van der Waals surface area (Å²) in [6.45, 7) is 0.633. The molecular weight excluding hydrogens is 282 g/mol. The van der Waals surface area contributed by atoms with Gasteiger partial charge in [-0.1, -0.05) is 60.7 Å². The van der Waals surface area contributed by atoms with E-state index in [1.807, 2.05) is 48.5 Å². The Labute approximate surface area is 137 Å². The second-order valence-corrected chi connectivity index (χ2v) is 5.61. The van der Waals surface area contributed by atoms with Gasteiger partial charge in [-0.15, -0.1) is 0 Å². The van der Waals surface area contributed by atoms with Crippen LogP contribution in [0.15, 0.2) is 84.9 Å². The molecule has 116 valence electrons. The Morgan fingerprint density at radius 3 is 2.09 bits per heavy atom. The molecule has 0 aromatic heterocycles. The maximum absolute atomic E-state index is 5.98. The standard InChI is InChI=1S/C21H21NO/c22-16-19(18-9-3-1-4-10-18)14-17-8-7-13-21(15-17)23-20-11-5-2-6-12-20/h1-13,15,19H,14,16,22H2. The highest BCUT2D eigenvalue weighted by molar-refractivity contribution is 5.35. The van der Waals surface area contributed by atoms with Gasteiger partial charge in [-0.3, -0.25) is 0 Å². The smallest absolute Gasteiger partial charge is 0.127 e. The summed E-state index contributed by atoms with van der Waals surface area (Å²) in [4.78, 5) is 0. The molecule has 0 fully saturated rings. The van der Waals surface area contributed by atoms with Gasteiger partial charge in [0.25, 0.3) is 0 Å². The Morgan fingerprint density at radius 1 is 0.739 bits per heavy atom. The molecular formula is C21H21NO. The van der Waals surface area contributed by atoms with Crippen molar-refractivity contribution in [1.82, 2.24) is 0 Å². The fourth-order valence-corrected chi connectivity index (χ4v) is 2.71. The second kappa shape index (κ2) is 7.61. The lowest BCUT2D eigenvalue weighted by Gasteiger charge is -2.16. The van der Waals surface area contributed by atoms with Gasteiger partial charge in [-0.05, 0) is 48.4 Å². The van der Waals surface area contributed by atoms with Gasteiger partial charge in [0.2, 0.25) is 0 Å². The molecule has 23 heavy (non-hydrogen) atoms. The maximum Gasteiger partial charge on any atom is 0.127 e. The third-order valence-electron chi connectivity index (χ3n) is 3.91. The predicted octanol–water partition coefficient (Wildman–Crippen LogP) is 4.76. The molecule has 0 spiro atoms. The molecule has 0 saturated heterocycles. The number of hydrogen-bond donors (Lipinski definition) is 1. The Kier molecular flexibility index (Phi) is 5.07. The summed E-state index contributed by atoms with van der Waals surface area (Å²) in [6, 6.07) is 28.5. The number of ether oxygens (including phenoxy) is 1. The molecule has 0 radical (unpaired) electrons. The molecule has 1 unspecified atom stereocenters. The van der Waals surface area contributed by atoms with Crippen LogP contribution >= 0.6 is 0 Å². The van der Waals surface area contributed by atoms with E-state index in [1.165, 1.54) is 11.1 Å². The van der Waals surface area contributed by atoms with Crippen LogP contribution in [0.2, 0.25) is 0 Å². The molecule has 0 bridgehead atoms. The van der Waals surface area contributed by atoms with Gasteiger partial charge in [0.05, 0.1) is 0 Å². The number of rotatable bonds is 6. The molecule has 0 amide bonds. The Hall–Kier alpha value is -2.58. The molecule has 1 atom stereocenters. The first-order valence-corrected chi connectivity index (χ1v) is 7.92. The number of nitrogens with two attached hydrogens (primary N) is 1. The van der Waals surface area contributed by atoms with Crippen LogP contribution in [0, 0.1) is 0 Å². The third-order valence-corrected chi connectivity index (χ3v) is 3.91. The van der Waals surface area contributed by atoms with Crippen LogP contribution in [-0.2, 0) is 6.42 Å². The summed E-state index contributed by atoms with van der Waals surface area (Å²) in [5.41, 5.74) is 8.50. The minimum Gasteiger partial charge on any atom is -0.457 e. The highest BCUT2D eigenvalue weighted by Gasteiger charge is 2.11. The van der Waals surface area contributed by atoms with Crippen molar-refractivity contribution in [3.05, 3.63) is 96.1 Å². The lowest BCUT2D eigenvalue weighted by atomic mass is 9.92. The fraction of sp³-hybridized carbons (Fsp3) is 0.143. The van der Waals surface area contributed by atoms with E-state index in [-0.39, 0.29) is 0 Å². The minimum atomic E-state index is 0.322. The van der Waals surface area contributed by atoms with Crippen LogP contribution in [0.25, 0.3) is 0 Å². The molecule has 0 aliphatic rings. The SMILES string of the molecule is NCC(Cc1cccc(Oc2ccccc2)c1)c1ccccc1. The summed E-state index contributed by atoms with van der Waals surface area (Å²) in [5.74, 6) is 2.03. The van der Waals surface area contributed by atoms with E-state index in [1.54, 1.807) is 0 Å². The molecule has 2 heteroatoms. The Morgan fingerprint density at radius 2 is 1.39 bits per heavy atom. The molecule has 3 aromatic carbocycles. The molecule has 2 N–H and O–H groups in total. The van der Waals surface area contributed by atoms with E-state index >= 15 is 0 Å². The van der Waals surface area contributed by atoms with Crippen molar-refractivity contribution < 1.29 is 4.74 Å². The van der Waals surface area contributed by atoms with Gasteiger partial charge in [-0.2, -0.15) is 0 Å². The normalized spacial score (nSPS) is 11.9. The van der Waals surface area contributed by atoms with E-state index in [4.69, 9.17) is 10.5 Å². The molecule has 0 saturated carbocycles. The van der Waals surface area contributed by atoms with Gasteiger partial charge in [0.15, 0.2) is 0 Å². The molecule has 0 heterocycles. The van der Waals surface area contributed by atoms with Crippen molar-refractivity contribution in [2.24, 2.45) is 5.73 Å². The van der Waals surface area contributed by atoms with Crippen molar-refractivity contribution in [2.75, 3.05) is 6.54 Å². The van der Waals surface area contributed by atoms with Crippen LogP contribution in [-0.4, -0.2) is 6.54 Å². The van der Waals surface area contributed by atoms with E-state index < -0.39 is 0 Å². The van der Waals surface area contributed by atoms with Gasteiger partial charge in [-0.25, -0.2) is 0 Å². The van der Waals surface area contributed by atoms with Crippen molar-refractivity contribution in [3.63, 3.8) is 0 Å². The monoisotopic (exact) mass is 303 g/mol. The highest BCUT2D eigenvalue weighted by atomic mass is 16.5. The van der Waals surface area contributed by atoms with E-state index in [0.717, 1.165) is 17.9 Å². The van der Waals surface area contributed by atoms with E-state index in [0.29, 0.717) is 12.5 Å². The molecule has 0 aliphatic carbocycles. The Balaban J connectivity index is 1.74. The first-order valence-electron chi connectivity index (χ1n) is 7.92. The first kappa shape index (κ1) is 15.3. The Bertz CT molecular complexity index is 725. The third kappa shape index (κ3) is 4.21. The van der Waals surface area contributed by atoms with Crippen molar-refractivity contribution >= 4 is 0 Å². The summed E-state index contributed by atoms with van der Waals surface area (Å²) >= 11 is 0. The second-order valence-electron chi connectivity index (χ2n) is 5.61.